The fraction of sp³-hybridized carbons (Fsp3) is 0.462. The minimum Gasteiger partial charge on any atom is -0.461 e. The molecule has 0 aliphatic carbocycles. The predicted octanol–water partition coefficient (Wildman–Crippen LogP) is 0.967. The third-order valence-electron chi connectivity index (χ3n) is 2.25. The van der Waals surface area contributed by atoms with Gasteiger partial charge in [0, 0.05) is 13.3 Å². The van der Waals surface area contributed by atoms with Crippen molar-refractivity contribution in [2.24, 2.45) is 0 Å². The van der Waals surface area contributed by atoms with Crippen LogP contribution in [0.4, 0.5) is 0 Å². The smallest absolute Gasteiger partial charge is 0.302 e. The molecule has 0 aliphatic rings. The van der Waals surface area contributed by atoms with Crippen LogP contribution in [-0.4, -0.2) is 29.1 Å². The molecule has 1 aromatic rings. The lowest BCUT2D eigenvalue weighted by Gasteiger charge is -2.07. The summed E-state index contributed by atoms with van der Waals surface area (Å²) in [5.41, 5.74) is 1.90. The standard InChI is InChI=1S/C13H18O5/c1-10(14)18-9-12-4-2-11(3-5-12)8-17-7-6-13(15)16/h2-5,13,15-16H,6-9H2,1H3. The average Bonchev–Trinajstić information content (AvgIpc) is 2.33. The van der Waals surface area contributed by atoms with Gasteiger partial charge in [-0.3, -0.25) is 4.79 Å². The topological polar surface area (TPSA) is 76.0 Å². The van der Waals surface area contributed by atoms with E-state index in [4.69, 9.17) is 19.7 Å². The van der Waals surface area contributed by atoms with Crippen LogP contribution in [-0.2, 0) is 27.5 Å². The van der Waals surface area contributed by atoms with Crippen molar-refractivity contribution in [2.75, 3.05) is 6.61 Å². The van der Waals surface area contributed by atoms with Gasteiger partial charge in [0.1, 0.15) is 6.61 Å². The Balaban J connectivity index is 2.29. The summed E-state index contributed by atoms with van der Waals surface area (Å²) < 4.78 is 10.1. The molecule has 0 fully saturated rings. The number of esters is 1. The third kappa shape index (κ3) is 6.34. The number of hydrogen-bond acceptors (Lipinski definition) is 5. The molecule has 1 rings (SSSR count). The molecule has 0 heterocycles. The Labute approximate surface area is 106 Å². The number of rotatable bonds is 7. The van der Waals surface area contributed by atoms with Crippen LogP contribution in [0.15, 0.2) is 24.3 Å². The highest BCUT2D eigenvalue weighted by atomic mass is 16.5. The average molecular weight is 254 g/mol. The summed E-state index contributed by atoms with van der Waals surface area (Å²) in [6, 6.07) is 7.49. The van der Waals surface area contributed by atoms with E-state index in [1.807, 2.05) is 24.3 Å². The molecule has 0 saturated carbocycles. The number of aliphatic hydroxyl groups excluding tert-OH is 1. The van der Waals surface area contributed by atoms with Gasteiger partial charge in [-0.15, -0.1) is 0 Å². The zero-order chi connectivity index (χ0) is 13.4. The number of carbonyl (C=O) groups excluding carboxylic acids is 1. The van der Waals surface area contributed by atoms with Crippen molar-refractivity contribution in [3.05, 3.63) is 35.4 Å². The van der Waals surface area contributed by atoms with E-state index in [-0.39, 0.29) is 19.0 Å². The molecule has 0 aromatic heterocycles. The largest absolute Gasteiger partial charge is 0.461 e. The number of ether oxygens (including phenoxy) is 2. The first-order chi connectivity index (χ1) is 8.58. The zero-order valence-corrected chi connectivity index (χ0v) is 10.3. The second-order valence-electron chi connectivity index (χ2n) is 3.92. The highest BCUT2D eigenvalue weighted by Crippen LogP contribution is 2.07. The molecule has 5 heteroatoms. The number of aliphatic hydroxyl groups is 2. The van der Waals surface area contributed by atoms with E-state index in [9.17, 15) is 4.79 Å². The van der Waals surface area contributed by atoms with Gasteiger partial charge in [-0.2, -0.15) is 0 Å². The van der Waals surface area contributed by atoms with Gasteiger partial charge in [-0.1, -0.05) is 24.3 Å². The normalized spacial score (nSPS) is 10.7. The molecule has 5 nitrogen and oxygen atoms in total. The summed E-state index contributed by atoms with van der Waals surface area (Å²) in [5, 5.41) is 17.2. The van der Waals surface area contributed by atoms with Crippen molar-refractivity contribution < 1.29 is 24.5 Å². The van der Waals surface area contributed by atoms with Crippen LogP contribution >= 0.6 is 0 Å². The molecule has 0 unspecified atom stereocenters. The molecular weight excluding hydrogens is 236 g/mol. The summed E-state index contributed by atoms with van der Waals surface area (Å²) in [7, 11) is 0. The van der Waals surface area contributed by atoms with Crippen molar-refractivity contribution >= 4 is 5.97 Å². The van der Waals surface area contributed by atoms with E-state index in [1.54, 1.807) is 0 Å². The molecule has 0 bridgehead atoms. The lowest BCUT2D eigenvalue weighted by molar-refractivity contribution is -0.142. The van der Waals surface area contributed by atoms with E-state index in [1.165, 1.54) is 6.92 Å². The maximum atomic E-state index is 10.6. The SMILES string of the molecule is CC(=O)OCc1ccc(COCCC(O)O)cc1. The van der Waals surface area contributed by atoms with Gasteiger partial charge < -0.3 is 19.7 Å². The molecule has 0 amide bonds. The Bertz CT molecular complexity index is 358. The van der Waals surface area contributed by atoms with Crippen molar-refractivity contribution in [1.29, 1.82) is 0 Å². The van der Waals surface area contributed by atoms with Gasteiger partial charge >= 0.3 is 5.97 Å². The minimum atomic E-state index is -1.32. The van der Waals surface area contributed by atoms with E-state index >= 15 is 0 Å². The molecule has 100 valence electrons. The molecule has 2 N–H and O–H groups in total. The van der Waals surface area contributed by atoms with Crippen LogP contribution in [0.2, 0.25) is 0 Å². The summed E-state index contributed by atoms with van der Waals surface area (Å²) in [4.78, 5) is 10.6. The van der Waals surface area contributed by atoms with E-state index in [0.717, 1.165) is 11.1 Å². The summed E-state index contributed by atoms with van der Waals surface area (Å²) >= 11 is 0. The van der Waals surface area contributed by atoms with Crippen LogP contribution in [0.5, 0.6) is 0 Å². The summed E-state index contributed by atoms with van der Waals surface area (Å²) in [6.07, 6.45) is -1.12. The van der Waals surface area contributed by atoms with Gasteiger partial charge in [0.15, 0.2) is 6.29 Å². The first-order valence-electron chi connectivity index (χ1n) is 5.73. The van der Waals surface area contributed by atoms with Crippen molar-refractivity contribution in [3.8, 4) is 0 Å². The van der Waals surface area contributed by atoms with Crippen LogP contribution in [0.25, 0.3) is 0 Å². The lowest BCUT2D eigenvalue weighted by atomic mass is 10.1. The predicted molar refractivity (Wildman–Crippen MR) is 64.4 cm³/mol. The fourth-order valence-electron chi connectivity index (χ4n) is 1.30. The van der Waals surface area contributed by atoms with Gasteiger partial charge in [0.2, 0.25) is 0 Å². The van der Waals surface area contributed by atoms with Gasteiger partial charge in [0.25, 0.3) is 0 Å². The highest BCUT2D eigenvalue weighted by Gasteiger charge is 1.99. The number of benzene rings is 1. The van der Waals surface area contributed by atoms with E-state index in [0.29, 0.717) is 13.2 Å². The third-order valence-corrected chi connectivity index (χ3v) is 2.25. The van der Waals surface area contributed by atoms with Crippen molar-refractivity contribution in [2.45, 2.75) is 32.8 Å². The number of carbonyl (C=O) groups is 1. The second kappa shape index (κ2) is 7.81. The molecule has 0 spiro atoms. The van der Waals surface area contributed by atoms with Crippen molar-refractivity contribution in [3.63, 3.8) is 0 Å². The Morgan fingerprint density at radius 3 is 2.22 bits per heavy atom. The molecule has 0 aliphatic heterocycles. The maximum absolute atomic E-state index is 10.6. The Hall–Kier alpha value is -1.43. The van der Waals surface area contributed by atoms with Gasteiger partial charge in [0.05, 0.1) is 13.2 Å². The van der Waals surface area contributed by atoms with Crippen LogP contribution in [0, 0.1) is 0 Å². The second-order valence-corrected chi connectivity index (χ2v) is 3.92. The van der Waals surface area contributed by atoms with Crippen LogP contribution in [0.3, 0.4) is 0 Å². The lowest BCUT2D eigenvalue weighted by Crippen LogP contribution is -2.08. The van der Waals surface area contributed by atoms with Crippen molar-refractivity contribution in [1.82, 2.24) is 0 Å². The molecular formula is C13H18O5. The Morgan fingerprint density at radius 1 is 1.17 bits per heavy atom. The zero-order valence-electron chi connectivity index (χ0n) is 10.3. The monoisotopic (exact) mass is 254 g/mol. The first kappa shape index (κ1) is 14.6. The van der Waals surface area contributed by atoms with E-state index in [2.05, 4.69) is 0 Å². The van der Waals surface area contributed by atoms with Crippen LogP contribution in [0.1, 0.15) is 24.5 Å². The quantitative estimate of drug-likeness (QED) is 0.431. The van der Waals surface area contributed by atoms with Gasteiger partial charge in [-0.05, 0) is 11.1 Å². The van der Waals surface area contributed by atoms with Crippen LogP contribution < -0.4 is 0 Å². The Kier molecular flexibility index (Phi) is 6.35. The molecule has 1 aromatic carbocycles. The molecule has 18 heavy (non-hydrogen) atoms. The fourth-order valence-corrected chi connectivity index (χ4v) is 1.30. The summed E-state index contributed by atoms with van der Waals surface area (Å²) in [5.74, 6) is -0.301. The first-order valence-corrected chi connectivity index (χ1v) is 5.73. The Morgan fingerprint density at radius 2 is 1.72 bits per heavy atom. The van der Waals surface area contributed by atoms with Gasteiger partial charge in [-0.25, -0.2) is 0 Å². The number of hydrogen-bond donors (Lipinski definition) is 2. The minimum absolute atomic E-state index is 0.199. The molecule has 0 radical (unpaired) electrons. The highest BCUT2D eigenvalue weighted by molar-refractivity contribution is 5.65. The maximum Gasteiger partial charge on any atom is 0.302 e. The van der Waals surface area contributed by atoms with E-state index < -0.39 is 6.29 Å². The molecule has 0 saturated heterocycles. The summed E-state index contributed by atoms with van der Waals surface area (Å²) in [6.45, 7) is 2.36. The molecule has 0 atom stereocenters.